The van der Waals surface area contributed by atoms with Gasteiger partial charge in [0.1, 0.15) is 0 Å². The minimum atomic E-state index is 0.268. The van der Waals surface area contributed by atoms with Gasteiger partial charge in [-0.15, -0.1) is 11.8 Å². The lowest BCUT2D eigenvalue weighted by molar-refractivity contribution is -0.131. The molecule has 1 aliphatic carbocycles. The number of amides is 1. The molecule has 1 heterocycles. The van der Waals surface area contributed by atoms with E-state index in [-0.39, 0.29) is 5.91 Å². The Hall–Kier alpha value is -1.00. The van der Waals surface area contributed by atoms with Gasteiger partial charge in [0.15, 0.2) is 0 Å². The summed E-state index contributed by atoms with van der Waals surface area (Å²) in [5.74, 6) is 0.827. The van der Waals surface area contributed by atoms with Crippen LogP contribution in [0.5, 0.6) is 0 Å². The van der Waals surface area contributed by atoms with E-state index in [1.165, 1.54) is 35.3 Å². The summed E-state index contributed by atoms with van der Waals surface area (Å²) < 4.78 is 0. The van der Waals surface area contributed by atoms with Gasteiger partial charge in [-0.1, -0.05) is 6.07 Å². The zero-order chi connectivity index (χ0) is 13.9. The number of carbonyl (C=O) groups excluding carboxylic acids is 1. The average Bonchev–Trinajstić information content (AvgIpc) is 2.92. The topological polar surface area (TPSA) is 32.3 Å². The van der Waals surface area contributed by atoms with Gasteiger partial charge in [0.25, 0.3) is 0 Å². The molecule has 0 bridgehead atoms. The third-order valence-electron chi connectivity index (χ3n) is 4.25. The van der Waals surface area contributed by atoms with Crippen LogP contribution in [-0.4, -0.2) is 42.2 Å². The van der Waals surface area contributed by atoms with Gasteiger partial charge in [0.2, 0.25) is 5.91 Å². The third-order valence-corrected chi connectivity index (χ3v) is 5.23. The van der Waals surface area contributed by atoms with Crippen molar-refractivity contribution in [2.45, 2.75) is 37.1 Å². The summed E-state index contributed by atoms with van der Waals surface area (Å²) in [6, 6.07) is 7.00. The predicted octanol–water partition coefficient (Wildman–Crippen LogP) is 2.09. The van der Waals surface area contributed by atoms with Crippen LogP contribution in [0.15, 0.2) is 23.1 Å². The lowest BCUT2D eigenvalue weighted by atomic mass is 10.1. The highest BCUT2D eigenvalue weighted by molar-refractivity contribution is 8.00. The lowest BCUT2D eigenvalue weighted by Gasteiger charge is -2.34. The molecular formula is C16H22N2OS. The molecule has 1 saturated heterocycles. The number of aryl methyl sites for hydroxylation is 2. The Balaban J connectivity index is 1.57. The number of rotatable bonds is 3. The van der Waals surface area contributed by atoms with E-state index in [4.69, 9.17) is 0 Å². The maximum absolute atomic E-state index is 12.3. The summed E-state index contributed by atoms with van der Waals surface area (Å²) in [5.41, 5.74) is 2.98. The van der Waals surface area contributed by atoms with Gasteiger partial charge in [-0.3, -0.25) is 4.79 Å². The van der Waals surface area contributed by atoms with Crippen LogP contribution in [-0.2, 0) is 17.6 Å². The fraction of sp³-hybridized carbons (Fsp3) is 0.562. The first-order chi connectivity index (χ1) is 9.74. The van der Waals surface area contributed by atoms with E-state index in [1.807, 2.05) is 4.90 Å². The Morgan fingerprint density at radius 2 is 2.25 bits per heavy atom. The molecule has 1 atom stereocenters. The van der Waals surface area contributed by atoms with Crippen LogP contribution in [0.25, 0.3) is 0 Å². The zero-order valence-electron chi connectivity index (χ0n) is 12.0. The van der Waals surface area contributed by atoms with Crippen LogP contribution >= 0.6 is 11.8 Å². The van der Waals surface area contributed by atoms with Gasteiger partial charge in [0.05, 0.1) is 5.75 Å². The smallest absolute Gasteiger partial charge is 0.233 e. The number of nitrogens with zero attached hydrogens (tertiary/aromatic N) is 1. The molecule has 3 nitrogen and oxygen atoms in total. The Morgan fingerprint density at radius 1 is 1.40 bits per heavy atom. The van der Waals surface area contributed by atoms with Crippen molar-refractivity contribution < 1.29 is 4.79 Å². The number of fused-ring (bicyclic) bond motifs is 1. The van der Waals surface area contributed by atoms with E-state index in [9.17, 15) is 4.79 Å². The van der Waals surface area contributed by atoms with Crippen molar-refractivity contribution in [3.8, 4) is 0 Å². The highest BCUT2D eigenvalue weighted by atomic mass is 32.2. The first-order valence-electron chi connectivity index (χ1n) is 7.49. The van der Waals surface area contributed by atoms with E-state index in [2.05, 4.69) is 30.4 Å². The number of nitrogens with one attached hydrogen (secondary N) is 1. The lowest BCUT2D eigenvalue weighted by Crippen LogP contribution is -2.52. The van der Waals surface area contributed by atoms with E-state index >= 15 is 0 Å². The minimum Gasteiger partial charge on any atom is -0.337 e. The number of thioether (sulfide) groups is 1. The maximum atomic E-state index is 12.3. The Kier molecular flexibility index (Phi) is 4.32. The minimum absolute atomic E-state index is 0.268. The van der Waals surface area contributed by atoms with Crippen molar-refractivity contribution in [1.29, 1.82) is 0 Å². The average molecular weight is 290 g/mol. The number of carbonyl (C=O) groups is 1. The molecule has 1 aromatic carbocycles. The summed E-state index contributed by atoms with van der Waals surface area (Å²) in [6.07, 6.45) is 3.70. The standard InChI is InChI=1S/C16H22N2OS/c1-12-10-17-7-8-18(12)16(19)11-20-15-6-5-13-3-2-4-14(13)9-15/h5-6,9,12,17H,2-4,7-8,10-11H2,1H3/t12-/m0/s1. The third kappa shape index (κ3) is 3.01. The Bertz CT molecular complexity index is 503. The molecule has 1 aliphatic heterocycles. The molecule has 0 unspecified atom stereocenters. The van der Waals surface area contributed by atoms with Crippen LogP contribution < -0.4 is 5.32 Å². The van der Waals surface area contributed by atoms with Gasteiger partial charge in [-0.05, 0) is 49.4 Å². The molecule has 0 aromatic heterocycles. The summed E-state index contributed by atoms with van der Waals surface area (Å²) in [4.78, 5) is 15.5. The predicted molar refractivity (Wildman–Crippen MR) is 83.2 cm³/mol. The van der Waals surface area contributed by atoms with Gasteiger partial charge in [-0.25, -0.2) is 0 Å². The Morgan fingerprint density at radius 3 is 3.10 bits per heavy atom. The molecule has 0 radical (unpaired) electrons. The van der Waals surface area contributed by atoms with Crippen molar-refractivity contribution in [1.82, 2.24) is 10.2 Å². The highest BCUT2D eigenvalue weighted by Crippen LogP contribution is 2.27. The van der Waals surface area contributed by atoms with Crippen molar-refractivity contribution in [2.75, 3.05) is 25.4 Å². The first kappa shape index (κ1) is 14.0. The summed E-state index contributed by atoms with van der Waals surface area (Å²) in [5, 5.41) is 3.32. The number of hydrogen-bond acceptors (Lipinski definition) is 3. The molecule has 0 saturated carbocycles. The van der Waals surface area contributed by atoms with Crippen molar-refractivity contribution in [2.24, 2.45) is 0 Å². The maximum Gasteiger partial charge on any atom is 0.233 e. The molecule has 1 N–H and O–H groups in total. The Labute approximate surface area is 125 Å². The first-order valence-corrected chi connectivity index (χ1v) is 8.47. The van der Waals surface area contributed by atoms with Crippen molar-refractivity contribution in [3.05, 3.63) is 29.3 Å². The van der Waals surface area contributed by atoms with E-state index in [1.54, 1.807) is 11.8 Å². The molecule has 2 aliphatic rings. The highest BCUT2D eigenvalue weighted by Gasteiger charge is 2.22. The number of piperazine rings is 1. The second-order valence-corrected chi connectivity index (χ2v) is 6.76. The zero-order valence-corrected chi connectivity index (χ0v) is 12.8. The van der Waals surface area contributed by atoms with Crippen LogP contribution in [0.1, 0.15) is 24.5 Å². The number of hydrogen-bond donors (Lipinski definition) is 1. The summed E-state index contributed by atoms with van der Waals surface area (Å²) in [6.45, 7) is 4.78. The molecule has 1 amide bonds. The van der Waals surface area contributed by atoms with Gasteiger partial charge in [-0.2, -0.15) is 0 Å². The largest absolute Gasteiger partial charge is 0.337 e. The van der Waals surface area contributed by atoms with Crippen LogP contribution in [0.4, 0.5) is 0 Å². The van der Waals surface area contributed by atoms with Crippen LogP contribution in [0.3, 0.4) is 0 Å². The second kappa shape index (κ2) is 6.19. The van der Waals surface area contributed by atoms with Crippen LogP contribution in [0.2, 0.25) is 0 Å². The fourth-order valence-corrected chi connectivity index (χ4v) is 3.92. The molecular weight excluding hydrogens is 268 g/mol. The van der Waals surface area contributed by atoms with Gasteiger partial charge >= 0.3 is 0 Å². The van der Waals surface area contributed by atoms with E-state index in [0.717, 1.165) is 19.6 Å². The molecule has 3 rings (SSSR count). The molecule has 108 valence electrons. The van der Waals surface area contributed by atoms with Crippen molar-refractivity contribution >= 4 is 17.7 Å². The molecule has 0 spiro atoms. The number of benzene rings is 1. The molecule has 4 heteroatoms. The van der Waals surface area contributed by atoms with Crippen LogP contribution in [0, 0.1) is 0 Å². The summed E-state index contributed by atoms with van der Waals surface area (Å²) >= 11 is 1.68. The van der Waals surface area contributed by atoms with E-state index < -0.39 is 0 Å². The fourth-order valence-electron chi connectivity index (χ4n) is 3.08. The molecule has 20 heavy (non-hydrogen) atoms. The van der Waals surface area contributed by atoms with Crippen molar-refractivity contribution in [3.63, 3.8) is 0 Å². The van der Waals surface area contributed by atoms with E-state index in [0.29, 0.717) is 11.8 Å². The summed E-state index contributed by atoms with van der Waals surface area (Å²) in [7, 11) is 0. The normalized spacial score (nSPS) is 21.9. The second-order valence-electron chi connectivity index (χ2n) is 5.71. The molecule has 1 fully saturated rings. The quantitative estimate of drug-likeness (QED) is 0.865. The van der Waals surface area contributed by atoms with Gasteiger partial charge < -0.3 is 10.2 Å². The van der Waals surface area contributed by atoms with Gasteiger partial charge in [0, 0.05) is 30.6 Å². The monoisotopic (exact) mass is 290 g/mol. The SMILES string of the molecule is C[C@H]1CNCCN1C(=O)CSc1ccc2c(c1)CCC2. The molecule has 1 aromatic rings.